The Kier molecular flexibility index (Phi) is 5.36. The SMILES string of the molecule is C[C@@H](NC(=O)c1cc(=O)n(C)c2ccccc12)c1ccc(N2CCOCC2)cc1. The second-order valence-corrected chi connectivity index (χ2v) is 7.36. The monoisotopic (exact) mass is 391 g/mol. The number of hydrogen-bond donors (Lipinski definition) is 1. The molecule has 6 heteroatoms. The van der Waals surface area contributed by atoms with Crippen LogP contribution in [0, 0.1) is 0 Å². The number of nitrogens with one attached hydrogen (secondary N) is 1. The van der Waals surface area contributed by atoms with Gasteiger partial charge in [0.25, 0.3) is 11.5 Å². The maximum Gasteiger partial charge on any atom is 0.252 e. The Balaban J connectivity index is 1.53. The summed E-state index contributed by atoms with van der Waals surface area (Å²) in [7, 11) is 1.71. The van der Waals surface area contributed by atoms with Gasteiger partial charge in [0, 0.05) is 37.3 Å². The molecular weight excluding hydrogens is 366 g/mol. The number of para-hydroxylation sites is 1. The van der Waals surface area contributed by atoms with Crippen LogP contribution in [0.15, 0.2) is 59.4 Å². The fourth-order valence-corrected chi connectivity index (χ4v) is 3.75. The highest BCUT2D eigenvalue weighted by atomic mass is 16.5. The second kappa shape index (κ2) is 8.09. The normalized spacial score (nSPS) is 15.3. The van der Waals surface area contributed by atoms with E-state index in [0.29, 0.717) is 5.56 Å². The number of morpholine rings is 1. The van der Waals surface area contributed by atoms with Crippen molar-refractivity contribution in [2.24, 2.45) is 7.05 Å². The summed E-state index contributed by atoms with van der Waals surface area (Å²) in [5.74, 6) is -0.247. The first-order valence-electron chi connectivity index (χ1n) is 9.87. The molecule has 0 aliphatic carbocycles. The molecule has 0 saturated carbocycles. The molecule has 0 bridgehead atoms. The lowest BCUT2D eigenvalue weighted by Crippen LogP contribution is -2.36. The Hall–Kier alpha value is -3.12. The molecule has 1 atom stereocenters. The van der Waals surface area contributed by atoms with Gasteiger partial charge >= 0.3 is 0 Å². The molecule has 0 spiro atoms. The zero-order valence-corrected chi connectivity index (χ0v) is 16.7. The summed E-state index contributed by atoms with van der Waals surface area (Å²) in [6, 6.07) is 16.9. The molecule has 0 unspecified atom stereocenters. The van der Waals surface area contributed by atoms with Crippen molar-refractivity contribution < 1.29 is 9.53 Å². The second-order valence-electron chi connectivity index (χ2n) is 7.36. The highest BCUT2D eigenvalue weighted by Crippen LogP contribution is 2.21. The summed E-state index contributed by atoms with van der Waals surface area (Å²) in [6.45, 7) is 5.23. The van der Waals surface area contributed by atoms with E-state index in [1.165, 1.54) is 6.07 Å². The number of nitrogens with zero attached hydrogens (tertiary/aromatic N) is 2. The third-order valence-electron chi connectivity index (χ3n) is 5.52. The molecule has 1 fully saturated rings. The zero-order chi connectivity index (χ0) is 20.4. The number of fused-ring (bicyclic) bond motifs is 1. The molecule has 1 aliphatic heterocycles. The minimum Gasteiger partial charge on any atom is -0.378 e. The summed E-state index contributed by atoms with van der Waals surface area (Å²) < 4.78 is 6.96. The molecule has 1 saturated heterocycles. The lowest BCUT2D eigenvalue weighted by atomic mass is 10.0. The van der Waals surface area contributed by atoms with Crippen molar-refractivity contribution in [2.45, 2.75) is 13.0 Å². The summed E-state index contributed by atoms with van der Waals surface area (Å²) in [5, 5.41) is 3.80. The molecule has 2 aromatic carbocycles. The average molecular weight is 391 g/mol. The van der Waals surface area contributed by atoms with Gasteiger partial charge in [-0.25, -0.2) is 0 Å². The fraction of sp³-hybridized carbons (Fsp3) is 0.304. The van der Waals surface area contributed by atoms with Crippen LogP contribution in [0.3, 0.4) is 0 Å². The molecule has 2 heterocycles. The van der Waals surface area contributed by atoms with Crippen LogP contribution in [-0.2, 0) is 11.8 Å². The molecule has 3 aromatic rings. The number of anilines is 1. The number of hydrogen-bond acceptors (Lipinski definition) is 4. The first-order valence-corrected chi connectivity index (χ1v) is 9.87. The van der Waals surface area contributed by atoms with Gasteiger partial charge in [-0.15, -0.1) is 0 Å². The molecule has 1 amide bonds. The Morgan fingerprint density at radius 3 is 2.48 bits per heavy atom. The Morgan fingerprint density at radius 2 is 1.76 bits per heavy atom. The van der Waals surface area contributed by atoms with Crippen molar-refractivity contribution in [1.82, 2.24) is 9.88 Å². The Bertz CT molecular complexity index is 1080. The predicted octanol–water partition coefficient (Wildman–Crippen LogP) is 2.87. The summed E-state index contributed by atoms with van der Waals surface area (Å²) in [4.78, 5) is 27.5. The van der Waals surface area contributed by atoms with E-state index >= 15 is 0 Å². The number of aryl methyl sites for hydroxylation is 1. The van der Waals surface area contributed by atoms with E-state index in [2.05, 4.69) is 22.3 Å². The molecule has 6 nitrogen and oxygen atoms in total. The summed E-state index contributed by atoms with van der Waals surface area (Å²) >= 11 is 0. The lowest BCUT2D eigenvalue weighted by molar-refractivity contribution is 0.0941. The van der Waals surface area contributed by atoms with Gasteiger partial charge in [-0.2, -0.15) is 0 Å². The third kappa shape index (κ3) is 3.89. The fourth-order valence-electron chi connectivity index (χ4n) is 3.75. The summed E-state index contributed by atoms with van der Waals surface area (Å²) in [6.07, 6.45) is 0. The van der Waals surface area contributed by atoms with Gasteiger partial charge in [-0.1, -0.05) is 30.3 Å². The van der Waals surface area contributed by atoms with Crippen molar-refractivity contribution in [3.63, 3.8) is 0 Å². The maximum atomic E-state index is 12.9. The number of carbonyl (C=O) groups excluding carboxylic acids is 1. The molecule has 150 valence electrons. The van der Waals surface area contributed by atoms with Crippen LogP contribution in [0.25, 0.3) is 10.9 Å². The summed E-state index contributed by atoms with van der Waals surface area (Å²) in [5.41, 5.74) is 3.13. The number of aromatic nitrogens is 1. The molecule has 1 N–H and O–H groups in total. The molecule has 0 radical (unpaired) electrons. The number of benzene rings is 2. The third-order valence-corrected chi connectivity index (χ3v) is 5.52. The van der Waals surface area contributed by atoms with E-state index in [1.54, 1.807) is 11.6 Å². The van der Waals surface area contributed by atoms with Gasteiger partial charge in [0.15, 0.2) is 0 Å². The van der Waals surface area contributed by atoms with Gasteiger partial charge in [-0.3, -0.25) is 9.59 Å². The minimum atomic E-state index is -0.247. The van der Waals surface area contributed by atoms with Crippen LogP contribution < -0.4 is 15.8 Å². The zero-order valence-electron chi connectivity index (χ0n) is 16.7. The first-order chi connectivity index (χ1) is 14.0. The van der Waals surface area contributed by atoms with Gasteiger partial charge < -0.3 is 19.5 Å². The van der Waals surface area contributed by atoms with Crippen molar-refractivity contribution >= 4 is 22.5 Å². The van der Waals surface area contributed by atoms with Gasteiger partial charge in [0.1, 0.15) is 0 Å². The van der Waals surface area contributed by atoms with Crippen molar-refractivity contribution in [1.29, 1.82) is 0 Å². The predicted molar refractivity (Wildman–Crippen MR) is 115 cm³/mol. The van der Waals surface area contributed by atoms with Crippen LogP contribution in [0.1, 0.15) is 28.9 Å². The molecule has 29 heavy (non-hydrogen) atoms. The van der Waals surface area contributed by atoms with Crippen molar-refractivity contribution in [2.75, 3.05) is 31.2 Å². The van der Waals surface area contributed by atoms with Crippen LogP contribution in [0.4, 0.5) is 5.69 Å². The van der Waals surface area contributed by atoms with E-state index < -0.39 is 0 Å². The largest absolute Gasteiger partial charge is 0.378 e. The number of rotatable bonds is 4. The molecule has 4 rings (SSSR count). The minimum absolute atomic E-state index is 0.177. The number of ether oxygens (including phenoxy) is 1. The topological polar surface area (TPSA) is 63.6 Å². The van der Waals surface area contributed by atoms with E-state index in [1.807, 2.05) is 43.3 Å². The van der Waals surface area contributed by atoms with Crippen LogP contribution >= 0.6 is 0 Å². The molecular formula is C23H25N3O3. The standard InChI is InChI=1S/C23H25N3O3/c1-16(17-7-9-18(10-8-17)26-11-13-29-14-12-26)24-23(28)20-15-22(27)25(2)21-6-4-3-5-19(20)21/h3-10,15-16H,11-14H2,1-2H3,(H,24,28)/t16-/m1/s1. The Morgan fingerprint density at radius 1 is 1.07 bits per heavy atom. The first kappa shape index (κ1) is 19.2. The number of amides is 1. The van der Waals surface area contributed by atoms with Gasteiger partial charge in [-0.05, 0) is 30.7 Å². The molecule has 1 aliphatic rings. The highest BCUT2D eigenvalue weighted by Gasteiger charge is 2.17. The van der Waals surface area contributed by atoms with Crippen molar-refractivity contribution in [3.05, 3.63) is 76.1 Å². The molecule has 1 aromatic heterocycles. The number of pyridine rings is 1. The van der Waals surface area contributed by atoms with E-state index in [0.717, 1.165) is 48.5 Å². The van der Waals surface area contributed by atoms with Crippen LogP contribution in [0.2, 0.25) is 0 Å². The van der Waals surface area contributed by atoms with Crippen LogP contribution in [-0.4, -0.2) is 36.8 Å². The quantitative estimate of drug-likeness (QED) is 0.743. The van der Waals surface area contributed by atoms with E-state index in [9.17, 15) is 9.59 Å². The van der Waals surface area contributed by atoms with Gasteiger partial charge in [0.2, 0.25) is 0 Å². The van der Waals surface area contributed by atoms with Gasteiger partial charge in [0.05, 0.1) is 30.3 Å². The Labute approximate surface area is 169 Å². The lowest BCUT2D eigenvalue weighted by Gasteiger charge is -2.29. The highest BCUT2D eigenvalue weighted by molar-refractivity contribution is 6.06. The number of carbonyl (C=O) groups is 1. The van der Waals surface area contributed by atoms with Crippen molar-refractivity contribution in [3.8, 4) is 0 Å². The smallest absolute Gasteiger partial charge is 0.252 e. The van der Waals surface area contributed by atoms with E-state index in [-0.39, 0.29) is 17.5 Å². The average Bonchev–Trinajstić information content (AvgIpc) is 2.77. The van der Waals surface area contributed by atoms with Crippen LogP contribution in [0.5, 0.6) is 0 Å². The maximum absolute atomic E-state index is 12.9. The van der Waals surface area contributed by atoms with E-state index in [4.69, 9.17) is 4.74 Å².